The van der Waals surface area contributed by atoms with E-state index in [1.165, 1.54) is 9.80 Å². The quantitative estimate of drug-likeness (QED) is 0.642. The number of rotatable bonds is 6. The third kappa shape index (κ3) is 4.96. The molecule has 1 N–H and O–H groups in total. The van der Waals surface area contributed by atoms with E-state index < -0.39 is 18.1 Å². The Hall–Kier alpha value is -2.87. The largest absolute Gasteiger partial charge is 0.465 e. The molecule has 0 aromatic heterocycles. The van der Waals surface area contributed by atoms with Crippen molar-refractivity contribution in [1.29, 1.82) is 0 Å². The molecule has 0 unspecified atom stereocenters. The molecule has 0 bridgehead atoms. The molecule has 2 aliphatic rings. The Morgan fingerprint density at radius 3 is 2.56 bits per heavy atom. The smallest absolute Gasteiger partial charge is 0.416 e. The van der Waals surface area contributed by atoms with Gasteiger partial charge in [-0.3, -0.25) is 4.79 Å². The van der Waals surface area contributed by atoms with Crippen LogP contribution in [0, 0.1) is 11.8 Å². The lowest BCUT2D eigenvalue weighted by atomic mass is 9.84. The van der Waals surface area contributed by atoms with Gasteiger partial charge in [0.05, 0.1) is 6.04 Å². The number of likely N-dealkylation sites (tertiary alicyclic amines) is 1. The number of imide groups is 1. The highest BCUT2D eigenvalue weighted by Crippen LogP contribution is 2.32. The fraction of sp³-hybridized carbons (Fsp3) is 0.375. The van der Waals surface area contributed by atoms with Crippen LogP contribution in [0.25, 0.3) is 0 Å². The average molecular weight is 501 g/mol. The summed E-state index contributed by atoms with van der Waals surface area (Å²) in [5.74, 6) is -0.966. The van der Waals surface area contributed by atoms with Gasteiger partial charge in [-0.2, -0.15) is 0 Å². The van der Waals surface area contributed by atoms with Crippen LogP contribution < -0.4 is 0 Å². The van der Waals surface area contributed by atoms with Crippen LogP contribution in [0.2, 0.25) is 0 Å². The third-order valence-electron chi connectivity index (χ3n) is 6.24. The summed E-state index contributed by atoms with van der Waals surface area (Å²) in [5, 5.41) is 9.39. The van der Waals surface area contributed by atoms with E-state index in [0.717, 1.165) is 15.6 Å². The SMILES string of the molecule is O=C(O)N1CC[C@H]([C@H](Cc2cccc(Br)c2)C(=O)N2C(=O)OC[C@@H]2Cc2ccccc2)C1. The molecule has 3 atom stereocenters. The number of cyclic esters (lactones) is 1. The molecule has 0 saturated carbocycles. The number of benzene rings is 2. The van der Waals surface area contributed by atoms with Crippen molar-refractivity contribution in [3.63, 3.8) is 0 Å². The minimum Gasteiger partial charge on any atom is -0.465 e. The van der Waals surface area contributed by atoms with Crippen LogP contribution in [-0.4, -0.2) is 58.7 Å². The summed E-state index contributed by atoms with van der Waals surface area (Å²) in [7, 11) is 0. The van der Waals surface area contributed by atoms with E-state index >= 15 is 0 Å². The lowest BCUT2D eigenvalue weighted by Crippen LogP contribution is -2.46. The van der Waals surface area contributed by atoms with Gasteiger partial charge in [-0.1, -0.05) is 58.4 Å². The van der Waals surface area contributed by atoms with Gasteiger partial charge in [0.25, 0.3) is 0 Å². The van der Waals surface area contributed by atoms with Crippen LogP contribution in [0.15, 0.2) is 59.1 Å². The lowest BCUT2D eigenvalue weighted by Gasteiger charge is -2.28. The van der Waals surface area contributed by atoms with Crippen LogP contribution in [0.3, 0.4) is 0 Å². The predicted molar refractivity (Wildman–Crippen MR) is 121 cm³/mol. The number of halogens is 1. The summed E-state index contributed by atoms with van der Waals surface area (Å²) in [6, 6.07) is 17.0. The molecule has 0 spiro atoms. The summed E-state index contributed by atoms with van der Waals surface area (Å²) in [5.41, 5.74) is 1.98. The maximum absolute atomic E-state index is 13.8. The highest BCUT2D eigenvalue weighted by molar-refractivity contribution is 9.10. The molecule has 3 amide bonds. The second-order valence-electron chi connectivity index (χ2n) is 8.35. The Bertz CT molecular complexity index is 999. The second-order valence-corrected chi connectivity index (χ2v) is 9.26. The van der Waals surface area contributed by atoms with Crippen molar-refractivity contribution < 1.29 is 24.2 Å². The van der Waals surface area contributed by atoms with Gasteiger partial charge in [0.1, 0.15) is 6.61 Å². The van der Waals surface area contributed by atoms with Gasteiger partial charge in [-0.25, -0.2) is 14.5 Å². The second kappa shape index (κ2) is 9.73. The van der Waals surface area contributed by atoms with Gasteiger partial charge in [0, 0.05) is 23.5 Å². The van der Waals surface area contributed by atoms with Crippen LogP contribution >= 0.6 is 15.9 Å². The molecular weight excluding hydrogens is 476 g/mol. The molecule has 0 radical (unpaired) electrons. The van der Waals surface area contributed by atoms with Gasteiger partial charge in [-0.05, 0) is 48.4 Å². The molecule has 2 fully saturated rings. The normalized spacial score (nSPS) is 21.5. The number of nitrogens with zero attached hydrogens (tertiary/aromatic N) is 2. The monoisotopic (exact) mass is 500 g/mol. The van der Waals surface area contributed by atoms with E-state index in [0.29, 0.717) is 25.8 Å². The van der Waals surface area contributed by atoms with Crippen molar-refractivity contribution >= 4 is 34.0 Å². The van der Waals surface area contributed by atoms with E-state index in [-0.39, 0.29) is 31.0 Å². The zero-order chi connectivity index (χ0) is 22.7. The zero-order valence-corrected chi connectivity index (χ0v) is 19.1. The summed E-state index contributed by atoms with van der Waals surface area (Å²) in [6.45, 7) is 0.834. The van der Waals surface area contributed by atoms with Gasteiger partial charge in [0.2, 0.25) is 5.91 Å². The van der Waals surface area contributed by atoms with Crippen LogP contribution in [0.5, 0.6) is 0 Å². The van der Waals surface area contributed by atoms with Crippen molar-refractivity contribution in [2.24, 2.45) is 11.8 Å². The molecule has 2 saturated heterocycles. The number of hydrogen-bond acceptors (Lipinski definition) is 4. The number of ether oxygens (including phenoxy) is 1. The van der Waals surface area contributed by atoms with Crippen LogP contribution in [-0.2, 0) is 22.4 Å². The van der Waals surface area contributed by atoms with E-state index in [2.05, 4.69) is 15.9 Å². The zero-order valence-electron chi connectivity index (χ0n) is 17.5. The Morgan fingerprint density at radius 1 is 1.12 bits per heavy atom. The summed E-state index contributed by atoms with van der Waals surface area (Å²) >= 11 is 3.47. The third-order valence-corrected chi connectivity index (χ3v) is 6.73. The molecule has 2 heterocycles. The first-order valence-electron chi connectivity index (χ1n) is 10.7. The molecule has 7 nitrogen and oxygen atoms in total. The fourth-order valence-electron chi connectivity index (χ4n) is 4.61. The molecule has 8 heteroatoms. The Morgan fingerprint density at radius 2 is 1.88 bits per heavy atom. The summed E-state index contributed by atoms with van der Waals surface area (Å²) < 4.78 is 6.17. The predicted octanol–water partition coefficient (Wildman–Crippen LogP) is 4.20. The number of carbonyl (C=O) groups excluding carboxylic acids is 2. The van der Waals surface area contributed by atoms with Crippen molar-refractivity contribution in [1.82, 2.24) is 9.80 Å². The van der Waals surface area contributed by atoms with E-state index in [4.69, 9.17) is 4.74 Å². The highest BCUT2D eigenvalue weighted by Gasteiger charge is 2.44. The van der Waals surface area contributed by atoms with E-state index in [9.17, 15) is 19.5 Å². The Kier molecular flexibility index (Phi) is 6.79. The standard InChI is InChI=1S/C24H25BrN2O5/c25-19-8-4-7-17(11-19)13-21(18-9-10-26(14-18)23(29)30)22(28)27-20(15-32-24(27)31)12-16-5-2-1-3-6-16/h1-8,11,18,20-21H,9-10,12-15H2,(H,29,30)/t18-,20-,21-/m0/s1. The number of carboxylic acid groups (broad SMARTS) is 1. The topological polar surface area (TPSA) is 87.2 Å². The summed E-state index contributed by atoms with van der Waals surface area (Å²) in [6.07, 6.45) is -0.0679. The summed E-state index contributed by atoms with van der Waals surface area (Å²) in [4.78, 5) is 40.4. The van der Waals surface area contributed by atoms with Crippen molar-refractivity contribution in [3.8, 4) is 0 Å². The number of hydrogen-bond donors (Lipinski definition) is 1. The molecule has 2 aromatic carbocycles. The van der Waals surface area contributed by atoms with Gasteiger partial charge < -0.3 is 14.7 Å². The lowest BCUT2D eigenvalue weighted by molar-refractivity contribution is -0.135. The molecule has 4 rings (SSSR count). The van der Waals surface area contributed by atoms with Crippen molar-refractivity contribution in [3.05, 3.63) is 70.2 Å². The first kappa shape index (κ1) is 22.3. The average Bonchev–Trinajstić information content (AvgIpc) is 3.40. The van der Waals surface area contributed by atoms with E-state index in [1.54, 1.807) is 0 Å². The van der Waals surface area contributed by atoms with E-state index in [1.807, 2.05) is 54.6 Å². The molecular formula is C24H25BrN2O5. The fourth-order valence-corrected chi connectivity index (χ4v) is 5.06. The molecule has 2 aliphatic heterocycles. The molecule has 2 aromatic rings. The van der Waals surface area contributed by atoms with Gasteiger partial charge in [-0.15, -0.1) is 0 Å². The first-order chi connectivity index (χ1) is 15.4. The van der Waals surface area contributed by atoms with Crippen molar-refractivity contribution in [2.75, 3.05) is 19.7 Å². The molecule has 0 aliphatic carbocycles. The minimum absolute atomic E-state index is 0.162. The Labute approximate surface area is 195 Å². The highest BCUT2D eigenvalue weighted by atomic mass is 79.9. The van der Waals surface area contributed by atoms with Gasteiger partial charge >= 0.3 is 12.2 Å². The minimum atomic E-state index is -0.983. The number of carbonyl (C=O) groups is 3. The first-order valence-corrected chi connectivity index (χ1v) is 11.5. The Balaban J connectivity index is 1.59. The van der Waals surface area contributed by atoms with Gasteiger partial charge in [0.15, 0.2) is 0 Å². The van der Waals surface area contributed by atoms with Crippen molar-refractivity contribution in [2.45, 2.75) is 25.3 Å². The molecule has 168 valence electrons. The maximum Gasteiger partial charge on any atom is 0.416 e. The van der Waals surface area contributed by atoms with Crippen LogP contribution in [0.1, 0.15) is 17.5 Å². The molecule has 32 heavy (non-hydrogen) atoms. The van der Waals surface area contributed by atoms with Crippen LogP contribution in [0.4, 0.5) is 9.59 Å². The maximum atomic E-state index is 13.8. The number of amides is 3.